The van der Waals surface area contributed by atoms with Gasteiger partial charge < -0.3 is 4.52 Å². The molecule has 0 radical (unpaired) electrons. The highest BCUT2D eigenvalue weighted by Gasteiger charge is 2.27. The fraction of sp³-hybridized carbons (Fsp3) is 0.571. The summed E-state index contributed by atoms with van der Waals surface area (Å²) in [4.78, 5) is 6.90. The lowest BCUT2D eigenvalue weighted by molar-refractivity contribution is 0.125. The molecule has 1 fully saturated rings. The summed E-state index contributed by atoms with van der Waals surface area (Å²) in [5.41, 5.74) is 1.53. The molecule has 1 aliphatic rings. The van der Waals surface area contributed by atoms with E-state index < -0.39 is 0 Å². The molecule has 2 aromatic heterocycles. The van der Waals surface area contributed by atoms with Crippen molar-refractivity contribution < 1.29 is 4.52 Å². The smallest absolute Gasteiger partial charge is 0.244 e. The van der Waals surface area contributed by atoms with E-state index in [9.17, 15) is 0 Å². The van der Waals surface area contributed by atoms with Gasteiger partial charge in [0, 0.05) is 0 Å². The van der Waals surface area contributed by atoms with Crippen LogP contribution in [0.2, 0.25) is 0 Å². The van der Waals surface area contributed by atoms with Crippen molar-refractivity contribution in [3.8, 4) is 11.5 Å². The number of hydrogen-bond acceptors (Lipinski definition) is 6. The van der Waals surface area contributed by atoms with E-state index in [1.165, 1.54) is 12.8 Å². The lowest BCUT2D eigenvalue weighted by Crippen LogP contribution is -2.33. The van der Waals surface area contributed by atoms with Gasteiger partial charge in [0.05, 0.1) is 11.7 Å². The Labute approximate surface area is 118 Å². The Kier molecular flexibility index (Phi) is 3.73. The number of piperidine rings is 1. The number of hydrogen-bond donors (Lipinski definition) is 0. The molecule has 2 aromatic rings. The fourth-order valence-electron chi connectivity index (χ4n) is 2.64. The quantitative estimate of drug-likeness (QED) is 0.855. The summed E-state index contributed by atoms with van der Waals surface area (Å²) in [5.74, 6) is 1.22. The Morgan fingerprint density at radius 2 is 2.20 bits per heavy atom. The average molecular weight is 273 g/mol. The van der Waals surface area contributed by atoms with Crippen LogP contribution in [0.25, 0.3) is 11.5 Å². The Morgan fingerprint density at radius 1 is 1.30 bits per heavy atom. The van der Waals surface area contributed by atoms with Crippen molar-refractivity contribution in [2.24, 2.45) is 0 Å². The predicted molar refractivity (Wildman–Crippen MR) is 73.9 cm³/mol. The summed E-state index contributed by atoms with van der Waals surface area (Å²) < 4.78 is 5.45. The molecule has 0 unspecified atom stereocenters. The van der Waals surface area contributed by atoms with Crippen LogP contribution in [0.5, 0.6) is 0 Å². The first-order valence-electron chi connectivity index (χ1n) is 7.16. The van der Waals surface area contributed by atoms with E-state index in [2.05, 4.69) is 32.2 Å². The van der Waals surface area contributed by atoms with Crippen molar-refractivity contribution in [3.63, 3.8) is 0 Å². The van der Waals surface area contributed by atoms with E-state index in [4.69, 9.17) is 4.52 Å². The molecule has 6 heteroatoms. The first kappa shape index (κ1) is 13.2. The maximum atomic E-state index is 5.45. The molecular weight excluding hydrogens is 254 g/mol. The summed E-state index contributed by atoms with van der Waals surface area (Å²) >= 11 is 0. The molecule has 0 aliphatic carbocycles. The van der Waals surface area contributed by atoms with E-state index in [0.717, 1.165) is 25.2 Å². The Hall–Kier alpha value is -1.82. The minimum Gasteiger partial charge on any atom is -0.337 e. The molecule has 3 heterocycles. The topological polar surface area (TPSA) is 67.9 Å². The van der Waals surface area contributed by atoms with Crippen LogP contribution in [0.15, 0.2) is 16.7 Å². The fourth-order valence-corrected chi connectivity index (χ4v) is 2.64. The van der Waals surface area contributed by atoms with Crippen LogP contribution in [-0.2, 0) is 0 Å². The molecular formula is C14H19N5O. The maximum absolute atomic E-state index is 5.45. The van der Waals surface area contributed by atoms with E-state index >= 15 is 0 Å². The second-order valence-corrected chi connectivity index (χ2v) is 5.16. The second-order valence-electron chi connectivity index (χ2n) is 5.16. The molecule has 6 nitrogen and oxygen atoms in total. The van der Waals surface area contributed by atoms with Gasteiger partial charge in [-0.3, -0.25) is 4.90 Å². The van der Waals surface area contributed by atoms with Crippen LogP contribution in [0.3, 0.4) is 0 Å². The summed E-state index contributed by atoms with van der Waals surface area (Å²) in [5, 5.41) is 12.2. The molecule has 1 atom stereocenters. The summed E-state index contributed by atoms with van der Waals surface area (Å²) in [7, 11) is 0. The van der Waals surface area contributed by atoms with Crippen molar-refractivity contribution in [1.29, 1.82) is 0 Å². The summed E-state index contributed by atoms with van der Waals surface area (Å²) in [6.45, 7) is 6.18. The standard InChI is InChI=1S/C14H19N5O/c1-3-19-9-5-4-6-12(19)14-15-13(18-20-14)11-8-7-10(2)16-17-11/h7-8,12H,3-6,9H2,1-2H3/t12-/m1/s1. The van der Waals surface area contributed by atoms with Crippen molar-refractivity contribution >= 4 is 0 Å². The van der Waals surface area contributed by atoms with Crippen LogP contribution < -0.4 is 0 Å². The summed E-state index contributed by atoms with van der Waals surface area (Å²) in [6, 6.07) is 4.01. The van der Waals surface area contributed by atoms with Crippen LogP contribution in [0, 0.1) is 6.92 Å². The van der Waals surface area contributed by atoms with E-state index in [1.54, 1.807) is 0 Å². The average Bonchev–Trinajstić information content (AvgIpc) is 2.97. The van der Waals surface area contributed by atoms with Crippen LogP contribution in [-0.4, -0.2) is 38.3 Å². The first-order chi connectivity index (χ1) is 9.78. The predicted octanol–water partition coefficient (Wildman–Crippen LogP) is 2.38. The van der Waals surface area contributed by atoms with E-state index in [0.29, 0.717) is 17.4 Å². The van der Waals surface area contributed by atoms with Gasteiger partial charge in [0.15, 0.2) is 0 Å². The highest BCUT2D eigenvalue weighted by Crippen LogP contribution is 2.30. The van der Waals surface area contributed by atoms with E-state index in [1.807, 2.05) is 19.1 Å². The minimum absolute atomic E-state index is 0.244. The molecule has 0 bridgehead atoms. The number of likely N-dealkylation sites (tertiary alicyclic amines) is 1. The molecule has 106 valence electrons. The zero-order valence-corrected chi connectivity index (χ0v) is 11.9. The third-order valence-electron chi connectivity index (χ3n) is 3.77. The highest BCUT2D eigenvalue weighted by atomic mass is 16.5. The molecule has 0 spiro atoms. The van der Waals surface area contributed by atoms with Gasteiger partial charge >= 0.3 is 0 Å². The first-order valence-corrected chi connectivity index (χ1v) is 7.16. The largest absolute Gasteiger partial charge is 0.337 e. The van der Waals surface area contributed by atoms with Gasteiger partial charge in [-0.15, -0.1) is 5.10 Å². The third kappa shape index (κ3) is 2.56. The van der Waals surface area contributed by atoms with Gasteiger partial charge in [-0.2, -0.15) is 10.1 Å². The molecule has 20 heavy (non-hydrogen) atoms. The van der Waals surface area contributed by atoms with Crippen molar-refractivity contribution in [3.05, 3.63) is 23.7 Å². The lowest BCUT2D eigenvalue weighted by atomic mass is 10.0. The third-order valence-corrected chi connectivity index (χ3v) is 3.77. The van der Waals surface area contributed by atoms with Gasteiger partial charge in [0.2, 0.25) is 11.7 Å². The number of nitrogens with zero attached hydrogens (tertiary/aromatic N) is 5. The van der Waals surface area contributed by atoms with Crippen LogP contribution >= 0.6 is 0 Å². The van der Waals surface area contributed by atoms with Crippen LogP contribution in [0.1, 0.15) is 43.8 Å². The normalized spacial score (nSPS) is 20.2. The second kappa shape index (κ2) is 5.66. The molecule has 1 aliphatic heterocycles. The molecule has 0 amide bonds. The number of rotatable bonds is 3. The number of aryl methyl sites for hydroxylation is 1. The molecule has 3 rings (SSSR count). The van der Waals surface area contributed by atoms with Crippen molar-refractivity contribution in [1.82, 2.24) is 25.2 Å². The highest BCUT2D eigenvalue weighted by molar-refractivity contribution is 5.46. The lowest BCUT2D eigenvalue weighted by Gasteiger charge is -2.32. The van der Waals surface area contributed by atoms with Crippen molar-refractivity contribution in [2.45, 2.75) is 39.2 Å². The summed E-state index contributed by atoms with van der Waals surface area (Å²) in [6.07, 6.45) is 3.53. The SMILES string of the molecule is CCN1CCCC[C@@H]1c1nc(-c2ccc(C)nn2)no1. The molecule has 0 saturated carbocycles. The van der Waals surface area contributed by atoms with E-state index in [-0.39, 0.29) is 6.04 Å². The Balaban J connectivity index is 1.84. The van der Waals surface area contributed by atoms with Crippen molar-refractivity contribution in [2.75, 3.05) is 13.1 Å². The monoisotopic (exact) mass is 273 g/mol. The van der Waals surface area contributed by atoms with Crippen LogP contribution in [0.4, 0.5) is 0 Å². The van der Waals surface area contributed by atoms with Gasteiger partial charge in [0.1, 0.15) is 5.69 Å². The maximum Gasteiger partial charge on any atom is 0.244 e. The minimum atomic E-state index is 0.244. The molecule has 1 saturated heterocycles. The zero-order chi connectivity index (χ0) is 13.9. The van der Waals surface area contributed by atoms with Gasteiger partial charge in [-0.05, 0) is 45.0 Å². The van der Waals surface area contributed by atoms with Gasteiger partial charge in [-0.1, -0.05) is 18.5 Å². The van der Waals surface area contributed by atoms with Gasteiger partial charge in [-0.25, -0.2) is 0 Å². The Bertz CT molecular complexity index is 565. The molecule has 0 N–H and O–H groups in total. The Morgan fingerprint density at radius 3 is 2.95 bits per heavy atom. The number of aromatic nitrogens is 4. The van der Waals surface area contributed by atoms with Gasteiger partial charge in [0.25, 0.3) is 0 Å². The molecule has 0 aromatic carbocycles. The zero-order valence-electron chi connectivity index (χ0n) is 11.9.